The third-order valence-corrected chi connectivity index (χ3v) is 4.17. The highest BCUT2D eigenvalue weighted by molar-refractivity contribution is 5.86. The Labute approximate surface area is 187 Å². The summed E-state index contributed by atoms with van der Waals surface area (Å²) in [5, 5.41) is 35.9. The molecule has 4 N–H and O–H groups in total. The molecule has 0 amide bonds. The van der Waals surface area contributed by atoms with Crippen molar-refractivity contribution in [2.45, 2.75) is 6.42 Å². The maximum absolute atomic E-state index is 10.6. The zero-order chi connectivity index (χ0) is 23.8. The van der Waals surface area contributed by atoms with Gasteiger partial charge in [0.05, 0.1) is 12.0 Å². The summed E-state index contributed by atoms with van der Waals surface area (Å²) in [6.07, 6.45) is 5.31. The Bertz CT molecular complexity index is 1260. The first-order valence-electron chi connectivity index (χ1n) is 9.48. The predicted molar refractivity (Wildman–Crippen MR) is 117 cm³/mol. The lowest BCUT2D eigenvalue weighted by molar-refractivity contribution is -0.136. The fourth-order valence-corrected chi connectivity index (χ4v) is 2.65. The lowest BCUT2D eigenvalue weighted by Gasteiger charge is -2.01. The Balaban J connectivity index is 0.000000186. The van der Waals surface area contributed by atoms with Gasteiger partial charge in [-0.1, -0.05) is 24.3 Å². The SMILES string of the molecule is O=C(O)Cc1cnc(-c2cccc(O)c2)nc1.O=C(O)c1cnc(-c2cccc(O)c2)nc1. The van der Waals surface area contributed by atoms with Crippen LogP contribution in [0.3, 0.4) is 0 Å². The number of aromatic carboxylic acids is 1. The molecule has 0 atom stereocenters. The lowest BCUT2D eigenvalue weighted by Crippen LogP contribution is -2.01. The molecular weight excluding hydrogens is 428 g/mol. The Morgan fingerprint density at radius 3 is 1.55 bits per heavy atom. The first-order chi connectivity index (χ1) is 15.8. The van der Waals surface area contributed by atoms with Crippen LogP contribution < -0.4 is 0 Å². The van der Waals surface area contributed by atoms with E-state index in [1.807, 2.05) is 0 Å². The van der Waals surface area contributed by atoms with Crippen LogP contribution >= 0.6 is 0 Å². The maximum Gasteiger partial charge on any atom is 0.338 e. The molecule has 0 saturated heterocycles. The molecule has 0 unspecified atom stereocenters. The second-order valence-electron chi connectivity index (χ2n) is 6.69. The van der Waals surface area contributed by atoms with Crippen molar-refractivity contribution in [1.82, 2.24) is 19.9 Å². The molecule has 166 valence electrons. The quantitative estimate of drug-likeness (QED) is 0.358. The number of carboxylic acid groups (broad SMARTS) is 2. The average molecular weight is 446 g/mol. The van der Waals surface area contributed by atoms with E-state index in [9.17, 15) is 19.8 Å². The van der Waals surface area contributed by atoms with Crippen molar-refractivity contribution in [3.63, 3.8) is 0 Å². The van der Waals surface area contributed by atoms with Crippen molar-refractivity contribution in [1.29, 1.82) is 0 Å². The molecule has 0 spiro atoms. The summed E-state index contributed by atoms with van der Waals surface area (Å²) in [5.41, 5.74) is 1.90. The molecule has 2 heterocycles. The Kier molecular flexibility index (Phi) is 7.22. The number of rotatable bonds is 5. The molecule has 0 aliphatic heterocycles. The molecule has 2 aromatic carbocycles. The van der Waals surface area contributed by atoms with Gasteiger partial charge in [0.25, 0.3) is 0 Å². The Morgan fingerprint density at radius 2 is 1.15 bits per heavy atom. The Hall–Kier alpha value is -4.86. The number of benzene rings is 2. The Morgan fingerprint density at radius 1 is 0.697 bits per heavy atom. The molecule has 10 nitrogen and oxygen atoms in total. The summed E-state index contributed by atoms with van der Waals surface area (Å²) in [7, 11) is 0. The zero-order valence-corrected chi connectivity index (χ0v) is 17.0. The molecule has 0 fully saturated rings. The van der Waals surface area contributed by atoms with Gasteiger partial charge in [-0.3, -0.25) is 4.79 Å². The molecule has 0 radical (unpaired) electrons. The number of nitrogens with zero attached hydrogens (tertiary/aromatic N) is 4. The fourth-order valence-electron chi connectivity index (χ4n) is 2.65. The normalized spacial score (nSPS) is 10.1. The molecular formula is C23H18N4O6. The fraction of sp³-hybridized carbons (Fsp3) is 0.0435. The van der Waals surface area contributed by atoms with Gasteiger partial charge in [-0.25, -0.2) is 24.7 Å². The number of phenols is 2. The molecule has 0 bridgehead atoms. The van der Waals surface area contributed by atoms with Crippen LogP contribution in [0.25, 0.3) is 22.8 Å². The lowest BCUT2D eigenvalue weighted by atomic mass is 10.2. The molecule has 33 heavy (non-hydrogen) atoms. The number of phenolic OH excluding ortho intramolecular Hbond substituents is 2. The number of aromatic hydroxyl groups is 2. The maximum atomic E-state index is 10.6. The van der Waals surface area contributed by atoms with Crippen LogP contribution in [0.5, 0.6) is 11.5 Å². The van der Waals surface area contributed by atoms with Crippen molar-refractivity contribution in [3.05, 3.63) is 84.4 Å². The van der Waals surface area contributed by atoms with E-state index in [0.29, 0.717) is 28.3 Å². The monoisotopic (exact) mass is 446 g/mol. The zero-order valence-electron chi connectivity index (χ0n) is 17.0. The van der Waals surface area contributed by atoms with E-state index in [1.54, 1.807) is 36.4 Å². The second kappa shape index (κ2) is 10.4. The van der Waals surface area contributed by atoms with Gasteiger partial charge in [0.2, 0.25) is 0 Å². The van der Waals surface area contributed by atoms with Crippen LogP contribution in [0.2, 0.25) is 0 Å². The van der Waals surface area contributed by atoms with Crippen molar-refractivity contribution in [3.8, 4) is 34.3 Å². The summed E-state index contributed by atoms with van der Waals surface area (Å²) >= 11 is 0. The summed E-state index contributed by atoms with van der Waals surface area (Å²) < 4.78 is 0. The van der Waals surface area contributed by atoms with Gasteiger partial charge in [0.15, 0.2) is 11.6 Å². The third-order valence-electron chi connectivity index (χ3n) is 4.17. The van der Waals surface area contributed by atoms with E-state index in [2.05, 4.69) is 19.9 Å². The van der Waals surface area contributed by atoms with Crippen LogP contribution in [0, 0.1) is 0 Å². The van der Waals surface area contributed by atoms with E-state index in [1.165, 1.54) is 36.9 Å². The van der Waals surface area contributed by atoms with Gasteiger partial charge < -0.3 is 20.4 Å². The molecule has 4 aromatic rings. The van der Waals surface area contributed by atoms with Crippen molar-refractivity contribution < 1.29 is 30.0 Å². The van der Waals surface area contributed by atoms with Gasteiger partial charge in [0.1, 0.15) is 11.5 Å². The molecule has 0 aliphatic rings. The van der Waals surface area contributed by atoms with Crippen LogP contribution in [0.4, 0.5) is 0 Å². The smallest absolute Gasteiger partial charge is 0.338 e. The number of hydrogen-bond donors (Lipinski definition) is 4. The minimum absolute atomic E-state index is 0.0314. The van der Waals surface area contributed by atoms with Gasteiger partial charge >= 0.3 is 11.9 Å². The molecule has 4 rings (SSSR count). The highest BCUT2D eigenvalue weighted by Crippen LogP contribution is 2.20. The largest absolute Gasteiger partial charge is 0.508 e. The summed E-state index contributed by atoms with van der Waals surface area (Å²) in [4.78, 5) is 37.0. The van der Waals surface area contributed by atoms with E-state index in [0.717, 1.165) is 0 Å². The van der Waals surface area contributed by atoms with Crippen molar-refractivity contribution in [2.24, 2.45) is 0 Å². The highest BCUT2D eigenvalue weighted by Gasteiger charge is 2.06. The van der Waals surface area contributed by atoms with Gasteiger partial charge in [0, 0.05) is 35.9 Å². The number of aromatic nitrogens is 4. The average Bonchev–Trinajstić information content (AvgIpc) is 2.80. The highest BCUT2D eigenvalue weighted by atomic mass is 16.4. The van der Waals surface area contributed by atoms with E-state index in [4.69, 9.17) is 10.2 Å². The molecule has 10 heteroatoms. The standard InChI is InChI=1S/C12H10N2O3.C11H8N2O3/c15-10-3-1-2-9(5-10)12-13-6-8(7-14-12)4-11(16)17;14-9-3-1-2-7(4-9)10-12-5-8(6-13-10)11(15)16/h1-3,5-7,15H,4H2,(H,16,17);1-6,14H,(H,15,16). The van der Waals surface area contributed by atoms with Crippen molar-refractivity contribution in [2.75, 3.05) is 0 Å². The minimum atomic E-state index is -1.07. The number of carbonyl (C=O) groups is 2. The van der Waals surface area contributed by atoms with Gasteiger partial charge in [-0.15, -0.1) is 0 Å². The number of hydrogen-bond acceptors (Lipinski definition) is 8. The predicted octanol–water partition coefficient (Wildman–Crippen LogP) is 3.02. The molecule has 0 aliphatic carbocycles. The summed E-state index contributed by atoms with van der Waals surface area (Å²) in [5.74, 6) is -0.902. The number of aliphatic carboxylic acids is 1. The van der Waals surface area contributed by atoms with Crippen LogP contribution in [0.15, 0.2) is 73.3 Å². The topological polar surface area (TPSA) is 167 Å². The van der Waals surface area contributed by atoms with Crippen LogP contribution in [0.1, 0.15) is 15.9 Å². The van der Waals surface area contributed by atoms with Crippen LogP contribution in [-0.2, 0) is 11.2 Å². The van der Waals surface area contributed by atoms with E-state index < -0.39 is 11.9 Å². The summed E-state index contributed by atoms with van der Waals surface area (Å²) in [6.45, 7) is 0. The van der Waals surface area contributed by atoms with E-state index >= 15 is 0 Å². The first kappa shape index (κ1) is 22.8. The second-order valence-corrected chi connectivity index (χ2v) is 6.69. The van der Waals surface area contributed by atoms with Crippen LogP contribution in [-0.4, -0.2) is 52.3 Å². The third kappa shape index (κ3) is 6.56. The van der Waals surface area contributed by atoms with Gasteiger partial charge in [-0.2, -0.15) is 0 Å². The molecule has 2 aromatic heterocycles. The number of carboxylic acids is 2. The van der Waals surface area contributed by atoms with Crippen molar-refractivity contribution >= 4 is 11.9 Å². The minimum Gasteiger partial charge on any atom is -0.508 e. The molecule has 0 saturated carbocycles. The van der Waals surface area contributed by atoms with E-state index in [-0.39, 0.29) is 23.5 Å². The summed E-state index contributed by atoms with van der Waals surface area (Å²) in [6, 6.07) is 13.0. The van der Waals surface area contributed by atoms with Gasteiger partial charge in [-0.05, 0) is 29.8 Å². The first-order valence-corrected chi connectivity index (χ1v) is 9.48.